The van der Waals surface area contributed by atoms with Gasteiger partial charge >= 0.3 is 0 Å². The van der Waals surface area contributed by atoms with Crippen molar-refractivity contribution < 1.29 is 9.59 Å². The first-order valence-electron chi connectivity index (χ1n) is 3.94. The molecule has 2 heteroatoms. The number of rotatable bonds is 0. The maximum atomic E-state index is 11.3. The average Bonchev–Trinajstić information content (AvgIpc) is 2.12. The predicted octanol–water partition coefficient (Wildman–Crippen LogP) is 1.85. The molecule has 0 fully saturated rings. The number of carbonyl (C=O) groups is 2. The summed E-state index contributed by atoms with van der Waals surface area (Å²) in [6.45, 7) is 0. The van der Waals surface area contributed by atoms with Crippen LogP contribution in [0, 0.1) is 0 Å². The fourth-order valence-electron chi connectivity index (χ4n) is 1.47. The molecule has 1 aliphatic carbocycles. The number of Topliss-reactive ketones (excluding diaryl/α,β-unsaturated/α-hetero) is 2. The highest BCUT2D eigenvalue weighted by Crippen LogP contribution is 2.20. The summed E-state index contributed by atoms with van der Waals surface area (Å²) in [7, 11) is 0. The molecule has 12 heavy (non-hydrogen) atoms. The molecule has 1 aliphatic rings. The van der Waals surface area contributed by atoms with Crippen molar-refractivity contribution in [3.63, 3.8) is 0 Å². The Balaban J connectivity index is 2.62. The highest BCUT2D eigenvalue weighted by molar-refractivity contribution is 6.13. The molecule has 0 saturated heterocycles. The van der Waals surface area contributed by atoms with Crippen LogP contribution in [0.2, 0.25) is 0 Å². The molecule has 0 unspecified atom stereocenters. The molecular formula is C10H8O2. The van der Waals surface area contributed by atoms with E-state index in [0.717, 1.165) is 0 Å². The Bertz CT molecular complexity index is 318. The SMILES string of the molecule is O=C1CCC(=O)c2ccccc21. The lowest BCUT2D eigenvalue weighted by atomic mass is 9.90. The molecule has 0 spiro atoms. The first-order chi connectivity index (χ1) is 5.79. The van der Waals surface area contributed by atoms with Crippen molar-refractivity contribution >= 4 is 11.6 Å². The van der Waals surface area contributed by atoms with Crippen molar-refractivity contribution in [2.45, 2.75) is 12.8 Å². The van der Waals surface area contributed by atoms with Gasteiger partial charge in [-0.3, -0.25) is 9.59 Å². The quantitative estimate of drug-likeness (QED) is 0.580. The standard InChI is InChI=1S/C10H8O2/c11-9-5-6-10(12)8-4-2-1-3-7(8)9/h1-4H,5-6H2. The van der Waals surface area contributed by atoms with Gasteiger partial charge in [-0.1, -0.05) is 24.3 Å². The van der Waals surface area contributed by atoms with Gasteiger partial charge in [0.25, 0.3) is 0 Å². The summed E-state index contributed by atoms with van der Waals surface area (Å²) in [5.74, 6) is 0.176. The molecule has 0 radical (unpaired) electrons. The van der Waals surface area contributed by atoms with E-state index in [1.165, 1.54) is 0 Å². The lowest BCUT2D eigenvalue weighted by molar-refractivity contribution is 0.0890. The van der Waals surface area contributed by atoms with Gasteiger partial charge in [-0.2, -0.15) is 0 Å². The van der Waals surface area contributed by atoms with E-state index in [2.05, 4.69) is 0 Å². The van der Waals surface area contributed by atoms with Gasteiger partial charge in [0, 0.05) is 24.0 Å². The van der Waals surface area contributed by atoms with Gasteiger partial charge in [0.15, 0.2) is 11.6 Å². The van der Waals surface area contributed by atoms with Gasteiger partial charge in [-0.05, 0) is 0 Å². The minimum absolute atomic E-state index is 0.0881. The Morgan fingerprint density at radius 2 is 1.25 bits per heavy atom. The van der Waals surface area contributed by atoms with Crippen LogP contribution >= 0.6 is 0 Å². The van der Waals surface area contributed by atoms with Gasteiger partial charge in [0.05, 0.1) is 0 Å². The largest absolute Gasteiger partial charge is 0.294 e. The van der Waals surface area contributed by atoms with Crippen LogP contribution in [0.5, 0.6) is 0 Å². The third kappa shape index (κ3) is 0.961. The van der Waals surface area contributed by atoms with Crippen LogP contribution in [0.15, 0.2) is 24.3 Å². The Labute approximate surface area is 70.2 Å². The zero-order chi connectivity index (χ0) is 8.55. The van der Waals surface area contributed by atoms with Gasteiger partial charge in [-0.15, -0.1) is 0 Å². The van der Waals surface area contributed by atoms with Gasteiger partial charge < -0.3 is 0 Å². The van der Waals surface area contributed by atoms with E-state index in [4.69, 9.17) is 0 Å². The average molecular weight is 160 g/mol. The zero-order valence-electron chi connectivity index (χ0n) is 6.54. The summed E-state index contributed by atoms with van der Waals surface area (Å²) in [6.07, 6.45) is 0.742. The smallest absolute Gasteiger partial charge is 0.164 e. The fraction of sp³-hybridized carbons (Fsp3) is 0.200. The van der Waals surface area contributed by atoms with Crippen molar-refractivity contribution in [1.82, 2.24) is 0 Å². The molecular weight excluding hydrogens is 152 g/mol. The van der Waals surface area contributed by atoms with Crippen LogP contribution in [-0.2, 0) is 0 Å². The zero-order valence-corrected chi connectivity index (χ0v) is 6.54. The Kier molecular flexibility index (Phi) is 1.54. The van der Waals surface area contributed by atoms with Crippen LogP contribution < -0.4 is 0 Å². The van der Waals surface area contributed by atoms with Gasteiger partial charge in [-0.25, -0.2) is 0 Å². The number of ketones is 2. The van der Waals surface area contributed by atoms with Crippen LogP contribution in [0.3, 0.4) is 0 Å². The highest BCUT2D eigenvalue weighted by Gasteiger charge is 2.22. The number of carbonyl (C=O) groups excluding carboxylic acids is 2. The maximum absolute atomic E-state index is 11.3. The van der Waals surface area contributed by atoms with Gasteiger partial charge in [0.1, 0.15) is 0 Å². The summed E-state index contributed by atoms with van der Waals surface area (Å²) in [4.78, 5) is 22.6. The van der Waals surface area contributed by atoms with Crippen LogP contribution in [0.4, 0.5) is 0 Å². The van der Waals surface area contributed by atoms with Crippen LogP contribution in [0.25, 0.3) is 0 Å². The Morgan fingerprint density at radius 3 is 1.67 bits per heavy atom. The molecule has 2 nitrogen and oxygen atoms in total. The molecule has 0 aromatic heterocycles. The van der Waals surface area contributed by atoms with E-state index in [1.54, 1.807) is 24.3 Å². The monoisotopic (exact) mass is 160 g/mol. The van der Waals surface area contributed by atoms with E-state index in [9.17, 15) is 9.59 Å². The van der Waals surface area contributed by atoms with E-state index in [1.807, 2.05) is 0 Å². The summed E-state index contributed by atoms with van der Waals surface area (Å²) in [5, 5.41) is 0. The maximum Gasteiger partial charge on any atom is 0.164 e. The normalized spacial score (nSPS) is 16.0. The molecule has 1 aromatic rings. The lowest BCUT2D eigenvalue weighted by Gasteiger charge is -2.11. The first-order valence-corrected chi connectivity index (χ1v) is 3.94. The topological polar surface area (TPSA) is 34.1 Å². The van der Waals surface area contributed by atoms with E-state index < -0.39 is 0 Å². The second-order valence-electron chi connectivity index (χ2n) is 2.89. The molecule has 2 rings (SSSR count). The second-order valence-corrected chi connectivity index (χ2v) is 2.89. The molecule has 60 valence electrons. The summed E-state index contributed by atoms with van der Waals surface area (Å²) < 4.78 is 0. The second kappa shape index (κ2) is 2.55. The molecule has 0 aliphatic heterocycles. The van der Waals surface area contributed by atoms with E-state index in [0.29, 0.717) is 24.0 Å². The van der Waals surface area contributed by atoms with Gasteiger partial charge in [0.2, 0.25) is 0 Å². The Hall–Kier alpha value is -1.44. The highest BCUT2D eigenvalue weighted by atomic mass is 16.1. The predicted molar refractivity (Wildman–Crippen MR) is 44.3 cm³/mol. The number of hydrogen-bond acceptors (Lipinski definition) is 2. The number of fused-ring (bicyclic) bond motifs is 1. The van der Waals surface area contributed by atoms with E-state index in [-0.39, 0.29) is 11.6 Å². The molecule has 0 N–H and O–H groups in total. The molecule has 0 atom stereocenters. The minimum Gasteiger partial charge on any atom is -0.294 e. The van der Waals surface area contributed by atoms with Crippen molar-refractivity contribution in [2.24, 2.45) is 0 Å². The first kappa shape index (κ1) is 7.22. The molecule has 0 heterocycles. The molecule has 0 bridgehead atoms. The minimum atomic E-state index is 0.0881. The van der Waals surface area contributed by atoms with Crippen molar-refractivity contribution in [3.05, 3.63) is 35.4 Å². The summed E-state index contributed by atoms with van der Waals surface area (Å²) >= 11 is 0. The van der Waals surface area contributed by atoms with E-state index >= 15 is 0 Å². The van der Waals surface area contributed by atoms with Crippen molar-refractivity contribution in [2.75, 3.05) is 0 Å². The molecule has 0 saturated carbocycles. The summed E-state index contributed by atoms with van der Waals surface area (Å²) in [5.41, 5.74) is 1.18. The van der Waals surface area contributed by atoms with Crippen molar-refractivity contribution in [1.29, 1.82) is 0 Å². The Morgan fingerprint density at radius 1 is 0.833 bits per heavy atom. The fourth-order valence-corrected chi connectivity index (χ4v) is 1.47. The van der Waals surface area contributed by atoms with Crippen molar-refractivity contribution in [3.8, 4) is 0 Å². The van der Waals surface area contributed by atoms with Crippen LogP contribution in [-0.4, -0.2) is 11.6 Å². The number of hydrogen-bond donors (Lipinski definition) is 0. The third-order valence-electron chi connectivity index (χ3n) is 2.11. The number of benzene rings is 1. The molecule has 0 amide bonds. The lowest BCUT2D eigenvalue weighted by Crippen LogP contribution is -2.16. The van der Waals surface area contributed by atoms with Crippen LogP contribution in [0.1, 0.15) is 33.6 Å². The summed E-state index contributed by atoms with van der Waals surface area (Å²) in [6, 6.07) is 7.01. The molecule has 1 aromatic carbocycles. The third-order valence-corrected chi connectivity index (χ3v) is 2.11.